The number of aromatic nitrogens is 6. The van der Waals surface area contributed by atoms with Gasteiger partial charge in [-0.2, -0.15) is 22.8 Å². The van der Waals surface area contributed by atoms with Crippen LogP contribution in [0, 0.1) is 12.8 Å². The lowest BCUT2D eigenvalue weighted by atomic mass is 9.99. The molecule has 10 nitrogen and oxygen atoms in total. The summed E-state index contributed by atoms with van der Waals surface area (Å²) >= 11 is 0. The third-order valence-corrected chi connectivity index (χ3v) is 3.67. The van der Waals surface area contributed by atoms with Crippen LogP contribution in [0.25, 0.3) is 5.95 Å². The molecule has 2 atom stereocenters. The largest absolute Gasteiger partial charge is 0.480 e. The fraction of sp³-hybridized carbons (Fsp3) is 0.538. The molecule has 0 aromatic carbocycles. The van der Waals surface area contributed by atoms with Gasteiger partial charge in [-0.1, -0.05) is 20.3 Å². The molecule has 13 heteroatoms. The maximum absolute atomic E-state index is 12.6. The number of alkyl halides is 3. The minimum atomic E-state index is -4.72. The highest BCUT2D eigenvalue weighted by atomic mass is 19.4. The van der Waals surface area contributed by atoms with Crippen molar-refractivity contribution in [1.82, 2.24) is 35.3 Å². The topological polar surface area (TPSA) is 139 Å². The molecule has 0 fully saturated rings. The highest BCUT2D eigenvalue weighted by molar-refractivity contribution is 5.93. The van der Waals surface area contributed by atoms with Gasteiger partial charge in [0.25, 0.3) is 11.9 Å². The summed E-state index contributed by atoms with van der Waals surface area (Å²) in [5, 5.41) is 20.4. The quantitative estimate of drug-likeness (QED) is 0.683. The number of carboxylic acid groups (broad SMARTS) is 1. The van der Waals surface area contributed by atoms with E-state index in [1.54, 1.807) is 18.9 Å². The molecule has 0 saturated heterocycles. The molecule has 0 aliphatic heterocycles. The van der Waals surface area contributed by atoms with Crippen molar-refractivity contribution in [2.24, 2.45) is 5.92 Å². The van der Waals surface area contributed by atoms with Gasteiger partial charge in [0.15, 0.2) is 0 Å². The first-order valence-corrected chi connectivity index (χ1v) is 7.51. The van der Waals surface area contributed by atoms with Crippen LogP contribution in [0.4, 0.5) is 13.2 Å². The number of carbonyl (C=O) groups excluding carboxylic acids is 1. The normalized spacial score (nSPS) is 14.1. The van der Waals surface area contributed by atoms with Crippen LogP contribution >= 0.6 is 0 Å². The molecule has 0 unspecified atom stereocenters. The van der Waals surface area contributed by atoms with E-state index in [4.69, 9.17) is 0 Å². The van der Waals surface area contributed by atoms with Crippen molar-refractivity contribution < 1.29 is 27.9 Å². The van der Waals surface area contributed by atoms with Gasteiger partial charge in [0.05, 0.1) is 0 Å². The zero-order valence-electron chi connectivity index (χ0n) is 14.0. The number of nitrogens with zero attached hydrogens (tertiary/aromatic N) is 5. The van der Waals surface area contributed by atoms with Gasteiger partial charge in [0.1, 0.15) is 11.9 Å². The summed E-state index contributed by atoms with van der Waals surface area (Å²) in [5.74, 6) is -4.55. The average Bonchev–Trinajstić information content (AvgIpc) is 3.17. The van der Waals surface area contributed by atoms with Gasteiger partial charge in [0, 0.05) is 0 Å². The monoisotopic (exact) mass is 375 g/mol. The standard InChI is InChI=1S/C13H16F3N7O3/c1-4-5(2)7(10(25)26)18-9(24)8-17-6(3)23(22-8)12-19-11(20-21-12)13(14,15)16/h5,7H,4H2,1-3H3,(H,18,24)(H,25,26)(H,19,20,21)/t5-,7-/m0/s1. The molecule has 2 aromatic rings. The summed E-state index contributed by atoms with van der Waals surface area (Å²) in [4.78, 5) is 30.6. The highest BCUT2D eigenvalue weighted by Gasteiger charge is 2.36. The Morgan fingerprint density at radius 2 is 2.00 bits per heavy atom. The van der Waals surface area contributed by atoms with E-state index in [0.29, 0.717) is 6.42 Å². The second-order valence-corrected chi connectivity index (χ2v) is 5.55. The molecule has 2 aromatic heterocycles. The summed E-state index contributed by atoms with van der Waals surface area (Å²) in [6.07, 6.45) is -4.21. The molecule has 0 bridgehead atoms. The number of amides is 1. The van der Waals surface area contributed by atoms with E-state index in [0.717, 1.165) is 4.68 Å². The summed E-state index contributed by atoms with van der Waals surface area (Å²) in [6, 6.07) is -1.15. The maximum Gasteiger partial charge on any atom is 0.451 e. The molecule has 0 aliphatic carbocycles. The van der Waals surface area contributed by atoms with Crippen molar-refractivity contribution in [3.63, 3.8) is 0 Å². The first-order valence-electron chi connectivity index (χ1n) is 7.51. The van der Waals surface area contributed by atoms with E-state index in [9.17, 15) is 27.9 Å². The number of H-pyrrole nitrogens is 1. The number of aliphatic carboxylic acids is 1. The summed E-state index contributed by atoms with van der Waals surface area (Å²) in [7, 11) is 0. The van der Waals surface area contributed by atoms with Crippen molar-refractivity contribution in [2.45, 2.75) is 39.4 Å². The summed E-state index contributed by atoms with van der Waals surface area (Å²) < 4.78 is 38.6. The van der Waals surface area contributed by atoms with Crippen LogP contribution < -0.4 is 5.32 Å². The smallest absolute Gasteiger partial charge is 0.451 e. The number of carbonyl (C=O) groups is 2. The SMILES string of the molecule is CC[C@H](C)[C@H](NC(=O)c1nc(C)n(-c2n[nH]c(C(F)(F)F)n2)n1)C(=O)O. The van der Waals surface area contributed by atoms with Gasteiger partial charge in [0.2, 0.25) is 11.6 Å². The highest BCUT2D eigenvalue weighted by Crippen LogP contribution is 2.26. The Hall–Kier alpha value is -2.99. The van der Waals surface area contributed by atoms with Crippen molar-refractivity contribution in [3.8, 4) is 5.95 Å². The van der Waals surface area contributed by atoms with Crippen LogP contribution in [-0.4, -0.2) is 53.0 Å². The van der Waals surface area contributed by atoms with Crippen LogP contribution in [0.5, 0.6) is 0 Å². The summed E-state index contributed by atoms with van der Waals surface area (Å²) in [6.45, 7) is 4.81. The van der Waals surface area contributed by atoms with E-state index in [1.807, 2.05) is 0 Å². The van der Waals surface area contributed by atoms with Gasteiger partial charge in [-0.25, -0.2) is 9.78 Å². The molecule has 1 amide bonds. The van der Waals surface area contributed by atoms with Gasteiger partial charge in [-0.3, -0.25) is 9.89 Å². The Bertz CT molecular complexity index is 814. The average molecular weight is 375 g/mol. The zero-order valence-corrected chi connectivity index (χ0v) is 14.0. The van der Waals surface area contributed by atoms with Crippen molar-refractivity contribution in [3.05, 3.63) is 17.5 Å². The Morgan fingerprint density at radius 3 is 2.50 bits per heavy atom. The number of hydrogen-bond acceptors (Lipinski definition) is 6. The Morgan fingerprint density at radius 1 is 1.35 bits per heavy atom. The maximum atomic E-state index is 12.6. The lowest BCUT2D eigenvalue weighted by Gasteiger charge is -2.19. The van der Waals surface area contributed by atoms with E-state index in [-0.39, 0.29) is 11.7 Å². The van der Waals surface area contributed by atoms with E-state index < -0.39 is 41.7 Å². The molecule has 3 N–H and O–H groups in total. The second-order valence-electron chi connectivity index (χ2n) is 5.55. The third-order valence-electron chi connectivity index (χ3n) is 3.67. The molecule has 0 aliphatic rings. The first-order chi connectivity index (χ1) is 12.0. The molecule has 0 radical (unpaired) electrons. The molecule has 26 heavy (non-hydrogen) atoms. The van der Waals surface area contributed by atoms with Crippen molar-refractivity contribution in [1.29, 1.82) is 0 Å². The number of nitrogens with one attached hydrogen (secondary N) is 2. The number of hydrogen-bond donors (Lipinski definition) is 3. The molecule has 142 valence electrons. The number of rotatable bonds is 6. The van der Waals surface area contributed by atoms with Crippen LogP contribution in [0.3, 0.4) is 0 Å². The van der Waals surface area contributed by atoms with Crippen LogP contribution in [0.1, 0.15) is 42.5 Å². The van der Waals surface area contributed by atoms with Crippen molar-refractivity contribution >= 4 is 11.9 Å². The van der Waals surface area contributed by atoms with Gasteiger partial charge in [-0.15, -0.1) is 10.2 Å². The molecule has 0 spiro atoms. The molecule has 2 rings (SSSR count). The zero-order chi connectivity index (χ0) is 19.6. The lowest BCUT2D eigenvalue weighted by Crippen LogP contribution is -2.45. The number of aryl methyl sites for hydroxylation is 1. The molecule has 0 saturated carbocycles. The molecular formula is C13H16F3N7O3. The van der Waals surface area contributed by atoms with E-state index >= 15 is 0 Å². The molecule has 2 heterocycles. The van der Waals surface area contributed by atoms with Gasteiger partial charge >= 0.3 is 12.1 Å². The third kappa shape index (κ3) is 3.97. The first kappa shape index (κ1) is 19.3. The van der Waals surface area contributed by atoms with E-state index in [2.05, 4.69) is 25.5 Å². The Kier molecular flexibility index (Phi) is 5.28. The van der Waals surface area contributed by atoms with Crippen LogP contribution in [0.2, 0.25) is 0 Å². The number of halogens is 3. The Balaban J connectivity index is 2.25. The van der Waals surface area contributed by atoms with E-state index in [1.165, 1.54) is 6.92 Å². The lowest BCUT2D eigenvalue weighted by molar-refractivity contribution is -0.144. The van der Waals surface area contributed by atoms with Crippen LogP contribution in [0.15, 0.2) is 0 Å². The van der Waals surface area contributed by atoms with Crippen molar-refractivity contribution in [2.75, 3.05) is 0 Å². The predicted octanol–water partition coefficient (Wildman–Crippen LogP) is 0.942. The summed E-state index contributed by atoms with van der Waals surface area (Å²) in [5.41, 5.74) is 0. The minimum Gasteiger partial charge on any atom is -0.480 e. The Labute approximate surface area is 144 Å². The predicted molar refractivity (Wildman–Crippen MR) is 79.4 cm³/mol. The fourth-order valence-electron chi connectivity index (χ4n) is 2.04. The van der Waals surface area contributed by atoms with Gasteiger partial charge in [-0.05, 0) is 12.8 Å². The van der Waals surface area contributed by atoms with Gasteiger partial charge < -0.3 is 10.4 Å². The fourth-order valence-corrected chi connectivity index (χ4v) is 2.04. The second kappa shape index (κ2) is 7.09. The van der Waals surface area contributed by atoms with Crippen LogP contribution in [-0.2, 0) is 11.0 Å². The minimum absolute atomic E-state index is 0.0540. The molecular weight excluding hydrogens is 359 g/mol. The number of carboxylic acids is 1. The number of aromatic amines is 1.